The van der Waals surface area contributed by atoms with Gasteiger partial charge in [0, 0.05) is 19.1 Å². The first-order valence-electron chi connectivity index (χ1n) is 5.51. The van der Waals surface area contributed by atoms with Crippen molar-refractivity contribution in [3.05, 3.63) is 20.8 Å². The predicted molar refractivity (Wildman–Crippen MR) is 67.8 cm³/mol. The molecular weight excluding hydrogens is 288 g/mol. The van der Waals surface area contributed by atoms with Crippen molar-refractivity contribution in [1.82, 2.24) is 10.2 Å². The molecule has 16 heavy (non-hydrogen) atoms. The van der Waals surface area contributed by atoms with Gasteiger partial charge in [0.05, 0.1) is 8.66 Å². The fraction of sp³-hybridized carbons (Fsp3) is 0.545. The Morgan fingerprint density at radius 1 is 1.50 bits per heavy atom. The molecule has 1 aromatic heterocycles. The molecule has 0 aromatic carbocycles. The SMILES string of the molecule is O=C(N[C@@H]1CN2CC[C@@H]1C2)c1ccc(Br)s1. The van der Waals surface area contributed by atoms with Gasteiger partial charge in [-0.05, 0) is 46.9 Å². The summed E-state index contributed by atoms with van der Waals surface area (Å²) < 4.78 is 1.01. The average molecular weight is 301 g/mol. The molecule has 3 heterocycles. The lowest BCUT2D eigenvalue weighted by molar-refractivity contribution is 0.0928. The second-order valence-electron chi connectivity index (χ2n) is 4.49. The topological polar surface area (TPSA) is 32.3 Å². The quantitative estimate of drug-likeness (QED) is 0.905. The number of nitrogens with zero attached hydrogens (tertiary/aromatic N) is 1. The summed E-state index contributed by atoms with van der Waals surface area (Å²) in [5, 5.41) is 3.15. The first kappa shape index (κ1) is 10.7. The van der Waals surface area contributed by atoms with E-state index in [4.69, 9.17) is 0 Å². The summed E-state index contributed by atoms with van der Waals surface area (Å²) in [4.78, 5) is 15.2. The minimum Gasteiger partial charge on any atom is -0.347 e. The van der Waals surface area contributed by atoms with Crippen molar-refractivity contribution in [3.8, 4) is 0 Å². The lowest BCUT2D eigenvalue weighted by atomic mass is 10.00. The number of hydrogen-bond donors (Lipinski definition) is 1. The van der Waals surface area contributed by atoms with Gasteiger partial charge in [-0.15, -0.1) is 11.3 Å². The van der Waals surface area contributed by atoms with Gasteiger partial charge in [-0.25, -0.2) is 0 Å². The van der Waals surface area contributed by atoms with Gasteiger partial charge >= 0.3 is 0 Å². The highest BCUT2D eigenvalue weighted by atomic mass is 79.9. The Kier molecular flexibility index (Phi) is 2.77. The van der Waals surface area contributed by atoms with E-state index in [1.807, 2.05) is 12.1 Å². The van der Waals surface area contributed by atoms with Crippen LogP contribution in [0, 0.1) is 5.92 Å². The second kappa shape index (κ2) is 4.13. The Bertz CT molecular complexity index is 420. The van der Waals surface area contributed by atoms with Crippen molar-refractivity contribution in [2.75, 3.05) is 19.6 Å². The zero-order valence-electron chi connectivity index (χ0n) is 8.78. The molecule has 1 aromatic rings. The minimum absolute atomic E-state index is 0.0782. The number of carbonyl (C=O) groups excluding carboxylic acids is 1. The molecule has 2 aliphatic rings. The molecule has 0 saturated carbocycles. The summed E-state index contributed by atoms with van der Waals surface area (Å²) in [5.74, 6) is 0.752. The molecule has 0 spiro atoms. The summed E-state index contributed by atoms with van der Waals surface area (Å²) in [6.45, 7) is 3.41. The standard InChI is InChI=1S/C11H13BrN2OS/c12-10-2-1-9(16-10)11(15)13-8-6-14-4-3-7(8)5-14/h1-2,7-8H,3-6H2,(H,13,15)/t7-,8-/m1/s1. The zero-order valence-corrected chi connectivity index (χ0v) is 11.2. The number of hydrogen-bond acceptors (Lipinski definition) is 3. The van der Waals surface area contributed by atoms with E-state index in [-0.39, 0.29) is 5.91 Å². The molecular formula is C11H13BrN2OS. The first-order valence-corrected chi connectivity index (χ1v) is 7.12. The highest BCUT2D eigenvalue weighted by molar-refractivity contribution is 9.11. The van der Waals surface area contributed by atoms with E-state index in [0.717, 1.165) is 15.2 Å². The summed E-state index contributed by atoms with van der Waals surface area (Å²) in [6.07, 6.45) is 1.24. The molecule has 0 aliphatic carbocycles. The molecule has 3 rings (SSSR count). The van der Waals surface area contributed by atoms with Gasteiger partial charge in [-0.1, -0.05) is 0 Å². The number of halogens is 1. The maximum Gasteiger partial charge on any atom is 0.261 e. The monoisotopic (exact) mass is 300 g/mol. The molecule has 2 fully saturated rings. The van der Waals surface area contributed by atoms with Crippen LogP contribution in [0.1, 0.15) is 16.1 Å². The molecule has 0 radical (unpaired) electrons. The van der Waals surface area contributed by atoms with Crippen molar-refractivity contribution < 1.29 is 4.79 Å². The van der Waals surface area contributed by atoms with Gasteiger partial charge in [0.15, 0.2) is 0 Å². The van der Waals surface area contributed by atoms with Crippen LogP contribution in [0.4, 0.5) is 0 Å². The van der Waals surface area contributed by atoms with Crippen molar-refractivity contribution in [1.29, 1.82) is 0 Å². The number of nitrogens with one attached hydrogen (secondary N) is 1. The molecule has 1 unspecified atom stereocenters. The van der Waals surface area contributed by atoms with E-state index < -0.39 is 0 Å². The highest BCUT2D eigenvalue weighted by Crippen LogP contribution is 2.28. The third kappa shape index (κ3) is 1.92. The van der Waals surface area contributed by atoms with Gasteiger partial charge in [0.2, 0.25) is 0 Å². The van der Waals surface area contributed by atoms with Gasteiger partial charge < -0.3 is 10.2 Å². The van der Waals surface area contributed by atoms with Crippen LogP contribution in [0.15, 0.2) is 15.9 Å². The zero-order chi connectivity index (χ0) is 11.1. The fourth-order valence-electron chi connectivity index (χ4n) is 2.62. The van der Waals surface area contributed by atoms with Crippen LogP contribution < -0.4 is 5.32 Å². The van der Waals surface area contributed by atoms with Gasteiger partial charge in [0.25, 0.3) is 5.91 Å². The lowest BCUT2D eigenvalue weighted by Gasteiger charge is -2.22. The molecule has 5 heteroatoms. The molecule has 2 aliphatic heterocycles. The van der Waals surface area contributed by atoms with E-state index in [2.05, 4.69) is 26.1 Å². The van der Waals surface area contributed by atoms with Crippen LogP contribution in [0.3, 0.4) is 0 Å². The number of carbonyl (C=O) groups is 1. The van der Waals surface area contributed by atoms with E-state index in [9.17, 15) is 4.79 Å². The van der Waals surface area contributed by atoms with Crippen LogP contribution in [-0.2, 0) is 0 Å². The van der Waals surface area contributed by atoms with Crippen molar-refractivity contribution in [2.24, 2.45) is 5.92 Å². The molecule has 86 valence electrons. The first-order chi connectivity index (χ1) is 7.72. The normalized spacial score (nSPS) is 31.9. The maximum absolute atomic E-state index is 12.0. The van der Waals surface area contributed by atoms with Crippen LogP contribution in [0.25, 0.3) is 0 Å². The Labute approximate surface area is 107 Å². The largest absolute Gasteiger partial charge is 0.347 e. The van der Waals surface area contributed by atoms with Crippen molar-refractivity contribution in [3.63, 3.8) is 0 Å². The number of thiophene rings is 1. The Morgan fingerprint density at radius 3 is 2.94 bits per heavy atom. The summed E-state index contributed by atoms with van der Waals surface area (Å²) in [7, 11) is 0. The van der Waals surface area contributed by atoms with E-state index in [1.165, 1.54) is 30.8 Å². The Morgan fingerprint density at radius 2 is 2.38 bits per heavy atom. The Hall–Kier alpha value is -0.390. The number of rotatable bonds is 2. The lowest BCUT2D eigenvalue weighted by Crippen LogP contribution is -2.42. The van der Waals surface area contributed by atoms with E-state index >= 15 is 0 Å². The molecule has 1 amide bonds. The minimum atomic E-state index is 0.0782. The molecule has 2 bridgehead atoms. The predicted octanol–water partition coefficient (Wildman–Crippen LogP) is 1.94. The van der Waals surface area contributed by atoms with Crippen LogP contribution >= 0.6 is 27.3 Å². The number of amides is 1. The van der Waals surface area contributed by atoms with Crippen LogP contribution in [0.5, 0.6) is 0 Å². The second-order valence-corrected chi connectivity index (χ2v) is 6.96. The fourth-order valence-corrected chi connectivity index (χ4v) is 3.91. The maximum atomic E-state index is 12.0. The van der Waals surface area contributed by atoms with Gasteiger partial charge in [-0.2, -0.15) is 0 Å². The van der Waals surface area contributed by atoms with E-state index in [0.29, 0.717) is 12.0 Å². The van der Waals surface area contributed by atoms with Gasteiger partial charge in [-0.3, -0.25) is 4.79 Å². The number of fused-ring (bicyclic) bond motifs is 2. The average Bonchev–Trinajstić information content (AvgIpc) is 2.92. The summed E-state index contributed by atoms with van der Waals surface area (Å²) in [5.41, 5.74) is 0. The molecule has 3 atom stereocenters. The summed E-state index contributed by atoms with van der Waals surface area (Å²) in [6, 6.07) is 4.16. The smallest absolute Gasteiger partial charge is 0.261 e. The van der Waals surface area contributed by atoms with Crippen LogP contribution in [-0.4, -0.2) is 36.5 Å². The van der Waals surface area contributed by atoms with Gasteiger partial charge in [0.1, 0.15) is 0 Å². The molecule has 3 nitrogen and oxygen atoms in total. The van der Waals surface area contributed by atoms with Crippen molar-refractivity contribution >= 4 is 33.2 Å². The highest BCUT2D eigenvalue weighted by Gasteiger charge is 2.38. The third-order valence-corrected chi connectivity index (χ3v) is 5.07. The molecule has 1 N–H and O–H groups in total. The molecule has 2 saturated heterocycles. The Balaban J connectivity index is 1.65. The number of piperidine rings is 1. The van der Waals surface area contributed by atoms with Crippen LogP contribution in [0.2, 0.25) is 0 Å². The third-order valence-electron chi connectivity index (χ3n) is 3.45. The van der Waals surface area contributed by atoms with E-state index in [1.54, 1.807) is 0 Å². The van der Waals surface area contributed by atoms with Crippen molar-refractivity contribution in [2.45, 2.75) is 12.5 Å². The summed E-state index contributed by atoms with van der Waals surface area (Å²) >= 11 is 4.87.